The molecule has 1 aromatic rings. The van der Waals surface area contributed by atoms with Crippen LogP contribution < -0.4 is 4.90 Å². The molecule has 1 N–H and O–H groups in total. The Kier molecular flexibility index (Phi) is 5.60. The minimum Gasteiger partial charge on any atom is -0.395 e. The summed E-state index contributed by atoms with van der Waals surface area (Å²) in [6.07, 6.45) is 1.82. The van der Waals surface area contributed by atoms with Crippen molar-refractivity contribution in [2.75, 3.05) is 18.1 Å². The highest BCUT2D eigenvalue weighted by atomic mass is 19.1. The molecule has 0 fully saturated rings. The summed E-state index contributed by atoms with van der Waals surface area (Å²) in [6.45, 7) is 4.57. The molecule has 98 valence electrons. The van der Waals surface area contributed by atoms with Crippen LogP contribution in [0.2, 0.25) is 0 Å². The first-order valence-corrected chi connectivity index (χ1v) is 6.24. The van der Waals surface area contributed by atoms with Crippen LogP contribution in [0.15, 0.2) is 18.2 Å². The molecule has 3 nitrogen and oxygen atoms in total. The molecule has 0 aromatic heterocycles. The zero-order chi connectivity index (χ0) is 13.5. The molecule has 0 amide bonds. The van der Waals surface area contributed by atoms with E-state index in [0.717, 1.165) is 12.8 Å². The lowest BCUT2D eigenvalue weighted by Gasteiger charge is -2.32. The monoisotopic (exact) mass is 250 g/mol. The van der Waals surface area contributed by atoms with Crippen LogP contribution >= 0.6 is 0 Å². The quantitative estimate of drug-likeness (QED) is 0.844. The van der Waals surface area contributed by atoms with Gasteiger partial charge in [-0.15, -0.1) is 0 Å². The summed E-state index contributed by atoms with van der Waals surface area (Å²) in [5, 5.41) is 18.0. The van der Waals surface area contributed by atoms with Gasteiger partial charge in [0.25, 0.3) is 0 Å². The van der Waals surface area contributed by atoms with Crippen LogP contribution in [0.25, 0.3) is 0 Å². The van der Waals surface area contributed by atoms with E-state index in [-0.39, 0.29) is 12.6 Å². The minimum absolute atomic E-state index is 0.00883. The van der Waals surface area contributed by atoms with Gasteiger partial charge in [-0.3, -0.25) is 0 Å². The van der Waals surface area contributed by atoms with E-state index in [2.05, 4.69) is 13.8 Å². The molecule has 0 radical (unpaired) electrons. The molecule has 0 saturated heterocycles. The minimum atomic E-state index is -0.419. The predicted octanol–water partition coefficient (Wildman–Crippen LogP) is 2.68. The topological polar surface area (TPSA) is 47.3 Å². The van der Waals surface area contributed by atoms with Crippen molar-refractivity contribution in [2.45, 2.75) is 32.7 Å². The first-order valence-electron chi connectivity index (χ1n) is 6.24. The summed E-state index contributed by atoms with van der Waals surface area (Å²) in [5.74, 6) is -0.419. The summed E-state index contributed by atoms with van der Waals surface area (Å²) >= 11 is 0. The number of aliphatic hydroxyl groups excluding tert-OH is 1. The Bertz CT molecular complexity index is 424. The van der Waals surface area contributed by atoms with Gasteiger partial charge in [-0.2, -0.15) is 5.26 Å². The lowest BCUT2D eigenvalue weighted by atomic mass is 10.1. The number of nitriles is 1. The van der Waals surface area contributed by atoms with Crippen LogP contribution in [0.3, 0.4) is 0 Å². The van der Waals surface area contributed by atoms with Gasteiger partial charge in [0.1, 0.15) is 5.82 Å². The molecule has 0 aliphatic carbocycles. The highest BCUT2D eigenvalue weighted by Gasteiger charge is 2.16. The maximum atomic E-state index is 13.4. The number of aliphatic hydroxyl groups is 1. The molecule has 0 spiro atoms. The molecular weight excluding hydrogens is 231 g/mol. The number of anilines is 1. The van der Waals surface area contributed by atoms with Crippen molar-refractivity contribution in [3.05, 3.63) is 29.6 Å². The van der Waals surface area contributed by atoms with E-state index in [4.69, 9.17) is 10.4 Å². The van der Waals surface area contributed by atoms with E-state index in [1.54, 1.807) is 6.07 Å². The molecule has 0 atom stereocenters. The van der Waals surface area contributed by atoms with E-state index >= 15 is 0 Å². The molecule has 1 rings (SSSR count). The summed E-state index contributed by atoms with van der Waals surface area (Å²) in [6, 6.07) is 6.48. The number of rotatable bonds is 6. The van der Waals surface area contributed by atoms with Crippen molar-refractivity contribution in [2.24, 2.45) is 0 Å². The van der Waals surface area contributed by atoms with Crippen LogP contribution in [0, 0.1) is 17.1 Å². The lowest BCUT2D eigenvalue weighted by molar-refractivity contribution is 0.296. The average molecular weight is 250 g/mol. The Morgan fingerprint density at radius 3 is 2.50 bits per heavy atom. The van der Waals surface area contributed by atoms with Crippen molar-refractivity contribution in [3.8, 4) is 6.07 Å². The van der Waals surface area contributed by atoms with E-state index in [1.807, 2.05) is 11.0 Å². The maximum Gasteiger partial charge on any atom is 0.126 e. The Morgan fingerprint density at radius 1 is 1.33 bits per heavy atom. The van der Waals surface area contributed by atoms with Gasteiger partial charge in [-0.25, -0.2) is 4.39 Å². The first-order chi connectivity index (χ1) is 8.65. The van der Waals surface area contributed by atoms with Crippen LogP contribution in [-0.4, -0.2) is 24.3 Å². The third-order valence-corrected chi connectivity index (χ3v) is 3.07. The fraction of sp³-hybridized carbons (Fsp3) is 0.500. The first kappa shape index (κ1) is 14.5. The van der Waals surface area contributed by atoms with Gasteiger partial charge in [0.2, 0.25) is 0 Å². The smallest absolute Gasteiger partial charge is 0.126 e. The van der Waals surface area contributed by atoms with Crippen molar-refractivity contribution >= 4 is 5.69 Å². The summed E-state index contributed by atoms with van der Waals surface area (Å²) in [5.41, 5.74) is 0.966. The third kappa shape index (κ3) is 3.44. The van der Waals surface area contributed by atoms with Gasteiger partial charge < -0.3 is 10.0 Å². The summed E-state index contributed by atoms with van der Waals surface area (Å²) in [4.78, 5) is 1.96. The fourth-order valence-electron chi connectivity index (χ4n) is 2.16. The molecule has 0 unspecified atom stereocenters. The van der Waals surface area contributed by atoms with Gasteiger partial charge in [0, 0.05) is 18.3 Å². The Labute approximate surface area is 107 Å². The second kappa shape index (κ2) is 6.97. The van der Waals surface area contributed by atoms with Crippen molar-refractivity contribution in [3.63, 3.8) is 0 Å². The second-order valence-corrected chi connectivity index (χ2v) is 4.20. The number of halogens is 1. The van der Waals surface area contributed by atoms with E-state index < -0.39 is 5.82 Å². The van der Waals surface area contributed by atoms with E-state index in [0.29, 0.717) is 17.8 Å². The molecule has 0 bridgehead atoms. The van der Waals surface area contributed by atoms with Gasteiger partial charge >= 0.3 is 0 Å². The average Bonchev–Trinajstić information content (AvgIpc) is 2.38. The van der Waals surface area contributed by atoms with Gasteiger partial charge in [0.15, 0.2) is 0 Å². The van der Waals surface area contributed by atoms with Crippen molar-refractivity contribution < 1.29 is 9.50 Å². The molecule has 0 saturated carbocycles. The molecule has 18 heavy (non-hydrogen) atoms. The normalized spacial score (nSPS) is 10.4. The van der Waals surface area contributed by atoms with Gasteiger partial charge in [-0.05, 0) is 31.0 Å². The molecule has 0 aliphatic heterocycles. The SMILES string of the molecule is CCC(CC)N(CCO)c1cc(F)cc(C#N)c1. The highest BCUT2D eigenvalue weighted by molar-refractivity contribution is 5.52. The molecule has 0 heterocycles. The summed E-state index contributed by atoms with van der Waals surface area (Å²) in [7, 11) is 0. The maximum absolute atomic E-state index is 13.4. The number of hydrogen-bond donors (Lipinski definition) is 1. The van der Waals surface area contributed by atoms with Gasteiger partial charge in [-0.1, -0.05) is 13.8 Å². The Balaban J connectivity index is 3.12. The number of nitrogens with zero attached hydrogens (tertiary/aromatic N) is 2. The van der Waals surface area contributed by atoms with E-state index in [9.17, 15) is 4.39 Å². The predicted molar refractivity (Wildman–Crippen MR) is 69.9 cm³/mol. The number of hydrogen-bond acceptors (Lipinski definition) is 3. The fourth-order valence-corrected chi connectivity index (χ4v) is 2.16. The Hall–Kier alpha value is -1.60. The van der Waals surface area contributed by atoms with Crippen molar-refractivity contribution in [1.29, 1.82) is 5.26 Å². The van der Waals surface area contributed by atoms with E-state index in [1.165, 1.54) is 12.1 Å². The van der Waals surface area contributed by atoms with Gasteiger partial charge in [0.05, 0.1) is 18.2 Å². The molecule has 4 heteroatoms. The van der Waals surface area contributed by atoms with Crippen LogP contribution in [0.5, 0.6) is 0 Å². The standard InChI is InChI=1S/C14H19FN2O/c1-3-13(4-2)17(5-6-18)14-8-11(10-16)7-12(15)9-14/h7-9,13,18H,3-6H2,1-2H3. The number of benzene rings is 1. The summed E-state index contributed by atoms with van der Waals surface area (Å²) < 4.78 is 13.4. The van der Waals surface area contributed by atoms with Crippen LogP contribution in [0.1, 0.15) is 32.3 Å². The largest absolute Gasteiger partial charge is 0.395 e. The Morgan fingerprint density at radius 2 is 2.00 bits per heavy atom. The zero-order valence-corrected chi connectivity index (χ0v) is 10.9. The highest BCUT2D eigenvalue weighted by Crippen LogP contribution is 2.22. The molecular formula is C14H19FN2O. The third-order valence-electron chi connectivity index (χ3n) is 3.07. The van der Waals surface area contributed by atoms with Crippen LogP contribution in [-0.2, 0) is 0 Å². The zero-order valence-electron chi connectivity index (χ0n) is 10.9. The van der Waals surface area contributed by atoms with Crippen molar-refractivity contribution in [1.82, 2.24) is 0 Å². The lowest BCUT2D eigenvalue weighted by Crippen LogP contribution is -2.36. The molecule has 0 aliphatic rings. The second-order valence-electron chi connectivity index (χ2n) is 4.20. The molecule has 1 aromatic carbocycles. The van der Waals surface area contributed by atoms with Crippen LogP contribution in [0.4, 0.5) is 10.1 Å².